The van der Waals surface area contributed by atoms with Crippen molar-refractivity contribution >= 4 is 34.0 Å². The van der Waals surface area contributed by atoms with Crippen LogP contribution in [0.5, 0.6) is 17.2 Å². The van der Waals surface area contributed by atoms with Gasteiger partial charge in [-0.25, -0.2) is 10.2 Å². The zero-order valence-corrected chi connectivity index (χ0v) is 17.1. The molecule has 1 aliphatic heterocycles. The van der Waals surface area contributed by atoms with E-state index < -0.39 is 5.97 Å². The van der Waals surface area contributed by atoms with Gasteiger partial charge < -0.3 is 14.2 Å². The summed E-state index contributed by atoms with van der Waals surface area (Å²) < 4.78 is 16.7. The second-order valence-electron chi connectivity index (χ2n) is 6.24. The number of amides is 1. The number of nitrogens with zero attached hydrogens (tertiary/aromatic N) is 1. The van der Waals surface area contributed by atoms with Gasteiger partial charge in [-0.3, -0.25) is 4.79 Å². The molecular formula is C22H15BrN2O5. The molecule has 0 saturated carbocycles. The summed E-state index contributed by atoms with van der Waals surface area (Å²) in [7, 11) is 0. The molecule has 0 atom stereocenters. The van der Waals surface area contributed by atoms with E-state index in [9.17, 15) is 9.59 Å². The molecule has 0 aliphatic carbocycles. The summed E-state index contributed by atoms with van der Waals surface area (Å²) in [6.07, 6.45) is 1.47. The number of nitrogens with one attached hydrogen (secondary N) is 1. The molecule has 8 heteroatoms. The van der Waals surface area contributed by atoms with Crippen LogP contribution in [-0.4, -0.2) is 24.9 Å². The van der Waals surface area contributed by atoms with Gasteiger partial charge >= 0.3 is 5.97 Å². The zero-order chi connectivity index (χ0) is 20.9. The average molecular weight is 467 g/mol. The van der Waals surface area contributed by atoms with Gasteiger partial charge in [-0.05, 0) is 54.1 Å². The molecule has 1 aliphatic rings. The molecule has 0 fully saturated rings. The molecule has 150 valence electrons. The van der Waals surface area contributed by atoms with Crippen LogP contribution in [0.25, 0.3) is 0 Å². The van der Waals surface area contributed by atoms with Gasteiger partial charge in [0.15, 0.2) is 11.5 Å². The molecule has 3 aromatic rings. The number of esters is 1. The summed E-state index contributed by atoms with van der Waals surface area (Å²) in [5, 5.41) is 3.95. The van der Waals surface area contributed by atoms with Gasteiger partial charge in [0.05, 0.1) is 11.8 Å². The fourth-order valence-corrected chi connectivity index (χ4v) is 3.11. The molecular weight excluding hydrogens is 452 g/mol. The largest absolute Gasteiger partial charge is 0.454 e. The molecule has 1 amide bonds. The molecule has 1 heterocycles. The topological polar surface area (TPSA) is 86.2 Å². The van der Waals surface area contributed by atoms with Crippen molar-refractivity contribution in [2.45, 2.75) is 0 Å². The van der Waals surface area contributed by atoms with Crippen molar-refractivity contribution in [2.24, 2.45) is 5.10 Å². The van der Waals surface area contributed by atoms with Crippen molar-refractivity contribution in [3.05, 3.63) is 87.9 Å². The monoisotopic (exact) mass is 466 g/mol. The maximum Gasteiger partial charge on any atom is 0.343 e. The maximum atomic E-state index is 12.4. The van der Waals surface area contributed by atoms with Gasteiger partial charge in [-0.15, -0.1) is 0 Å². The van der Waals surface area contributed by atoms with Crippen LogP contribution >= 0.6 is 15.9 Å². The van der Waals surface area contributed by atoms with E-state index >= 15 is 0 Å². The van der Waals surface area contributed by atoms with Crippen LogP contribution in [0.3, 0.4) is 0 Å². The highest BCUT2D eigenvalue weighted by Crippen LogP contribution is 2.32. The summed E-state index contributed by atoms with van der Waals surface area (Å²) in [6.45, 7) is 0.132. The highest BCUT2D eigenvalue weighted by Gasteiger charge is 2.17. The molecule has 0 aromatic heterocycles. The van der Waals surface area contributed by atoms with E-state index in [0.717, 1.165) is 4.47 Å². The summed E-state index contributed by atoms with van der Waals surface area (Å²) in [6, 6.07) is 18.6. The Balaban J connectivity index is 1.39. The summed E-state index contributed by atoms with van der Waals surface area (Å²) in [5.41, 5.74) is 3.94. The molecule has 0 radical (unpaired) electrons. The van der Waals surface area contributed by atoms with Crippen LogP contribution < -0.4 is 19.6 Å². The quantitative estimate of drug-likeness (QED) is 0.264. The van der Waals surface area contributed by atoms with Gasteiger partial charge in [0.25, 0.3) is 5.91 Å². The number of fused-ring (bicyclic) bond motifs is 1. The van der Waals surface area contributed by atoms with Crippen molar-refractivity contribution < 1.29 is 23.8 Å². The van der Waals surface area contributed by atoms with E-state index in [1.807, 2.05) is 6.07 Å². The predicted molar refractivity (Wildman–Crippen MR) is 113 cm³/mol. The maximum absolute atomic E-state index is 12.4. The summed E-state index contributed by atoms with van der Waals surface area (Å²) in [5.74, 6) is 0.587. The first-order valence-electron chi connectivity index (χ1n) is 8.89. The van der Waals surface area contributed by atoms with Crippen molar-refractivity contribution in [1.29, 1.82) is 0 Å². The number of hydrogen-bond donors (Lipinski definition) is 1. The smallest absolute Gasteiger partial charge is 0.343 e. The molecule has 0 bridgehead atoms. The highest BCUT2D eigenvalue weighted by atomic mass is 79.9. The second kappa shape index (κ2) is 8.79. The molecule has 0 saturated heterocycles. The Kier molecular flexibility index (Phi) is 5.76. The third-order valence-corrected chi connectivity index (χ3v) is 4.64. The van der Waals surface area contributed by atoms with Gasteiger partial charge in [-0.2, -0.15) is 5.10 Å². The van der Waals surface area contributed by atoms with E-state index in [-0.39, 0.29) is 12.7 Å². The first-order valence-corrected chi connectivity index (χ1v) is 9.69. The standard InChI is InChI=1S/C22H15BrN2O5/c23-17-5-2-4-15(10-17)21(26)25-24-12-14-3-1-6-18(9-14)30-22(27)16-7-8-19-20(11-16)29-13-28-19/h1-12H,13H2,(H,25,26)/b24-12+. The van der Waals surface area contributed by atoms with Crippen LogP contribution in [0.4, 0.5) is 0 Å². The van der Waals surface area contributed by atoms with Crippen molar-refractivity contribution in [1.82, 2.24) is 5.43 Å². The van der Waals surface area contributed by atoms with E-state index in [1.165, 1.54) is 6.21 Å². The first kappa shape index (κ1) is 19.7. The fraction of sp³-hybridized carbons (Fsp3) is 0.0455. The minimum atomic E-state index is -0.523. The number of rotatable bonds is 5. The minimum absolute atomic E-state index is 0.132. The number of benzene rings is 3. The minimum Gasteiger partial charge on any atom is -0.454 e. The first-order chi connectivity index (χ1) is 14.6. The molecule has 3 aromatic carbocycles. The molecule has 7 nitrogen and oxygen atoms in total. The Morgan fingerprint density at radius 3 is 2.67 bits per heavy atom. The number of ether oxygens (including phenoxy) is 3. The number of halogens is 1. The third kappa shape index (κ3) is 4.66. The molecule has 1 N–H and O–H groups in total. The number of carbonyl (C=O) groups excluding carboxylic acids is 2. The van der Waals surface area contributed by atoms with E-state index in [1.54, 1.807) is 60.7 Å². The van der Waals surface area contributed by atoms with Crippen LogP contribution in [0.2, 0.25) is 0 Å². The Morgan fingerprint density at radius 1 is 0.967 bits per heavy atom. The van der Waals surface area contributed by atoms with Crippen LogP contribution in [0.15, 0.2) is 76.3 Å². The van der Waals surface area contributed by atoms with Gasteiger partial charge in [0, 0.05) is 10.0 Å². The second-order valence-corrected chi connectivity index (χ2v) is 7.16. The summed E-state index contributed by atoms with van der Waals surface area (Å²) >= 11 is 3.32. The zero-order valence-electron chi connectivity index (χ0n) is 15.5. The Bertz CT molecular complexity index is 1150. The van der Waals surface area contributed by atoms with Crippen molar-refractivity contribution in [2.75, 3.05) is 6.79 Å². The van der Waals surface area contributed by atoms with Crippen molar-refractivity contribution in [3.63, 3.8) is 0 Å². The lowest BCUT2D eigenvalue weighted by molar-refractivity contribution is 0.0734. The predicted octanol–water partition coefficient (Wildman–Crippen LogP) is 4.16. The molecule has 4 rings (SSSR count). The Hall–Kier alpha value is -3.65. The lowest BCUT2D eigenvalue weighted by atomic mass is 10.2. The van der Waals surface area contributed by atoms with Crippen molar-refractivity contribution in [3.8, 4) is 17.2 Å². The van der Waals surface area contributed by atoms with Crippen LogP contribution in [0.1, 0.15) is 26.3 Å². The Morgan fingerprint density at radius 2 is 1.80 bits per heavy atom. The highest BCUT2D eigenvalue weighted by molar-refractivity contribution is 9.10. The molecule has 30 heavy (non-hydrogen) atoms. The van der Waals surface area contributed by atoms with E-state index in [2.05, 4.69) is 26.5 Å². The molecule has 0 unspecified atom stereocenters. The average Bonchev–Trinajstić information content (AvgIpc) is 3.22. The lowest BCUT2D eigenvalue weighted by Gasteiger charge is -2.06. The van der Waals surface area contributed by atoms with Gasteiger partial charge in [0.2, 0.25) is 6.79 Å². The summed E-state index contributed by atoms with van der Waals surface area (Å²) in [4.78, 5) is 24.5. The normalized spacial score (nSPS) is 12.0. The third-order valence-electron chi connectivity index (χ3n) is 4.14. The number of hydrazone groups is 1. The lowest BCUT2D eigenvalue weighted by Crippen LogP contribution is -2.17. The van der Waals surface area contributed by atoms with E-state index in [4.69, 9.17) is 14.2 Å². The van der Waals surface area contributed by atoms with Gasteiger partial charge in [-0.1, -0.05) is 34.1 Å². The number of hydrogen-bond acceptors (Lipinski definition) is 6. The number of carbonyl (C=O) groups is 2. The SMILES string of the molecule is O=C(N/N=C/c1cccc(OC(=O)c2ccc3c(c2)OCO3)c1)c1cccc(Br)c1. The Labute approximate surface area is 180 Å². The fourth-order valence-electron chi connectivity index (χ4n) is 2.71. The molecule has 0 spiro atoms. The van der Waals surface area contributed by atoms with E-state index in [0.29, 0.717) is 33.9 Å². The van der Waals surface area contributed by atoms with Gasteiger partial charge in [0.1, 0.15) is 5.75 Å². The van der Waals surface area contributed by atoms with Crippen LogP contribution in [-0.2, 0) is 0 Å². The van der Waals surface area contributed by atoms with Crippen LogP contribution in [0, 0.1) is 0 Å².